The number of rotatable bonds is 6. The molecule has 0 rings (SSSR count). The highest BCUT2D eigenvalue weighted by Gasteiger charge is 2.12. The van der Waals surface area contributed by atoms with Gasteiger partial charge in [-0.3, -0.25) is 0 Å². The minimum Gasteiger partial charge on any atom is -0.391 e. The second-order valence-electron chi connectivity index (χ2n) is 2.68. The van der Waals surface area contributed by atoms with Crippen LogP contribution in [0.15, 0.2) is 0 Å². The molecule has 0 spiro atoms. The van der Waals surface area contributed by atoms with Gasteiger partial charge in [0, 0.05) is 14.2 Å². The molecule has 0 saturated carbocycles. The van der Waals surface area contributed by atoms with E-state index in [1.807, 2.05) is 0 Å². The monoisotopic (exact) mass is 178 g/mol. The zero-order valence-corrected chi connectivity index (χ0v) is 8.11. The molecular formula is C8H18O4. The van der Waals surface area contributed by atoms with E-state index < -0.39 is 6.10 Å². The van der Waals surface area contributed by atoms with Crippen LogP contribution < -0.4 is 0 Å². The Balaban J connectivity index is 3.51. The SMILES string of the molecule is COC(CO[C@@H](C)[C@@H](C)O)OC. The van der Waals surface area contributed by atoms with Gasteiger partial charge in [-0.05, 0) is 13.8 Å². The third-order valence-electron chi connectivity index (χ3n) is 1.70. The van der Waals surface area contributed by atoms with Crippen molar-refractivity contribution in [2.45, 2.75) is 32.3 Å². The highest BCUT2D eigenvalue weighted by Crippen LogP contribution is 2.00. The summed E-state index contributed by atoms with van der Waals surface area (Å²) >= 11 is 0. The molecule has 0 bridgehead atoms. The molecule has 0 aromatic heterocycles. The Morgan fingerprint density at radius 1 is 1.17 bits per heavy atom. The number of hydrogen-bond donors (Lipinski definition) is 1. The fourth-order valence-electron chi connectivity index (χ4n) is 0.602. The fourth-order valence-corrected chi connectivity index (χ4v) is 0.602. The first-order valence-corrected chi connectivity index (χ1v) is 3.97. The van der Waals surface area contributed by atoms with Crippen LogP contribution in [0.3, 0.4) is 0 Å². The summed E-state index contributed by atoms with van der Waals surface area (Å²) in [6.45, 7) is 3.81. The van der Waals surface area contributed by atoms with Crippen LogP contribution in [0, 0.1) is 0 Å². The summed E-state index contributed by atoms with van der Waals surface area (Å²) in [7, 11) is 3.09. The lowest BCUT2D eigenvalue weighted by atomic mass is 10.3. The summed E-state index contributed by atoms with van der Waals surface area (Å²) < 4.78 is 15.0. The lowest BCUT2D eigenvalue weighted by molar-refractivity contribution is -0.159. The van der Waals surface area contributed by atoms with E-state index in [4.69, 9.17) is 19.3 Å². The van der Waals surface area contributed by atoms with Crippen molar-refractivity contribution in [1.29, 1.82) is 0 Å². The maximum Gasteiger partial charge on any atom is 0.180 e. The molecule has 2 atom stereocenters. The molecular weight excluding hydrogens is 160 g/mol. The van der Waals surface area contributed by atoms with Crippen molar-refractivity contribution in [3.63, 3.8) is 0 Å². The van der Waals surface area contributed by atoms with Crippen molar-refractivity contribution in [3.8, 4) is 0 Å². The van der Waals surface area contributed by atoms with E-state index in [1.54, 1.807) is 28.1 Å². The van der Waals surface area contributed by atoms with E-state index >= 15 is 0 Å². The molecule has 0 fully saturated rings. The highest BCUT2D eigenvalue weighted by molar-refractivity contribution is 4.57. The normalized spacial score (nSPS) is 16.5. The summed E-state index contributed by atoms with van der Waals surface area (Å²) in [6, 6.07) is 0. The maximum absolute atomic E-state index is 9.07. The summed E-state index contributed by atoms with van der Waals surface area (Å²) in [6.07, 6.45) is -1.02. The molecule has 0 aromatic carbocycles. The van der Waals surface area contributed by atoms with Crippen LogP contribution in [-0.4, -0.2) is 44.4 Å². The van der Waals surface area contributed by atoms with Crippen molar-refractivity contribution in [2.24, 2.45) is 0 Å². The lowest BCUT2D eigenvalue weighted by Gasteiger charge is -2.19. The largest absolute Gasteiger partial charge is 0.391 e. The van der Waals surface area contributed by atoms with E-state index in [0.29, 0.717) is 6.61 Å². The van der Waals surface area contributed by atoms with Gasteiger partial charge in [0.2, 0.25) is 0 Å². The predicted octanol–water partition coefficient (Wildman–Crippen LogP) is 0.391. The average Bonchev–Trinajstić information content (AvgIpc) is 2.05. The number of aliphatic hydroxyl groups excluding tert-OH is 1. The van der Waals surface area contributed by atoms with Crippen LogP contribution in [0.1, 0.15) is 13.8 Å². The standard InChI is InChI=1S/C8H18O4/c1-6(9)7(2)12-5-8(10-3)11-4/h6-9H,5H2,1-4H3/t6-,7+/m1/s1. The first-order valence-electron chi connectivity index (χ1n) is 3.97. The second kappa shape index (κ2) is 6.37. The van der Waals surface area contributed by atoms with Crippen LogP contribution in [0.25, 0.3) is 0 Å². The minimum atomic E-state index is -0.473. The number of hydrogen-bond acceptors (Lipinski definition) is 4. The fraction of sp³-hybridized carbons (Fsp3) is 1.00. The molecule has 4 nitrogen and oxygen atoms in total. The van der Waals surface area contributed by atoms with E-state index in [0.717, 1.165) is 0 Å². The van der Waals surface area contributed by atoms with Crippen molar-refractivity contribution in [2.75, 3.05) is 20.8 Å². The third kappa shape index (κ3) is 4.66. The number of aliphatic hydroxyl groups is 1. The molecule has 0 aliphatic carbocycles. The Labute approximate surface area is 73.4 Å². The van der Waals surface area contributed by atoms with Crippen LogP contribution in [-0.2, 0) is 14.2 Å². The van der Waals surface area contributed by atoms with Crippen LogP contribution >= 0.6 is 0 Å². The number of ether oxygens (including phenoxy) is 3. The predicted molar refractivity (Wildman–Crippen MR) is 44.9 cm³/mol. The smallest absolute Gasteiger partial charge is 0.180 e. The quantitative estimate of drug-likeness (QED) is 0.598. The first kappa shape index (κ1) is 11.8. The molecule has 0 aliphatic heterocycles. The zero-order valence-electron chi connectivity index (χ0n) is 8.11. The highest BCUT2D eigenvalue weighted by atomic mass is 16.7. The molecule has 74 valence electrons. The molecule has 0 heterocycles. The van der Waals surface area contributed by atoms with Gasteiger partial charge >= 0.3 is 0 Å². The van der Waals surface area contributed by atoms with Gasteiger partial charge in [-0.15, -0.1) is 0 Å². The van der Waals surface area contributed by atoms with Crippen molar-refractivity contribution in [3.05, 3.63) is 0 Å². The van der Waals surface area contributed by atoms with Gasteiger partial charge in [0.1, 0.15) is 0 Å². The molecule has 0 saturated heterocycles. The Morgan fingerprint density at radius 2 is 1.67 bits per heavy atom. The van der Waals surface area contributed by atoms with Crippen LogP contribution in [0.2, 0.25) is 0 Å². The van der Waals surface area contributed by atoms with Gasteiger partial charge in [0.25, 0.3) is 0 Å². The molecule has 0 amide bonds. The summed E-state index contributed by atoms with van der Waals surface area (Å²) in [5.41, 5.74) is 0. The average molecular weight is 178 g/mol. The van der Waals surface area contributed by atoms with Gasteiger partial charge in [-0.2, -0.15) is 0 Å². The molecule has 0 radical (unpaired) electrons. The lowest BCUT2D eigenvalue weighted by Crippen LogP contribution is -2.29. The maximum atomic E-state index is 9.07. The van der Waals surface area contributed by atoms with Crippen LogP contribution in [0.5, 0.6) is 0 Å². The molecule has 0 aromatic rings. The van der Waals surface area contributed by atoms with E-state index in [9.17, 15) is 0 Å². The Morgan fingerprint density at radius 3 is 2.00 bits per heavy atom. The first-order chi connectivity index (χ1) is 5.61. The van der Waals surface area contributed by atoms with Gasteiger partial charge in [0.15, 0.2) is 6.29 Å². The van der Waals surface area contributed by atoms with Gasteiger partial charge < -0.3 is 19.3 Å². The molecule has 12 heavy (non-hydrogen) atoms. The molecule has 0 unspecified atom stereocenters. The summed E-state index contributed by atoms with van der Waals surface area (Å²) in [5.74, 6) is 0. The van der Waals surface area contributed by atoms with Crippen molar-refractivity contribution in [1.82, 2.24) is 0 Å². The Bertz CT molecular complexity index is 99.2. The second-order valence-corrected chi connectivity index (χ2v) is 2.68. The molecule has 1 N–H and O–H groups in total. The topological polar surface area (TPSA) is 47.9 Å². The van der Waals surface area contributed by atoms with Gasteiger partial charge in [0.05, 0.1) is 18.8 Å². The van der Waals surface area contributed by atoms with Gasteiger partial charge in [-0.25, -0.2) is 0 Å². The van der Waals surface area contributed by atoms with Crippen molar-refractivity contribution < 1.29 is 19.3 Å². The Hall–Kier alpha value is -0.160. The summed E-state index contributed by atoms with van der Waals surface area (Å²) in [5, 5.41) is 9.07. The molecule has 0 aliphatic rings. The van der Waals surface area contributed by atoms with Crippen LogP contribution in [0.4, 0.5) is 0 Å². The van der Waals surface area contributed by atoms with E-state index in [1.165, 1.54) is 0 Å². The summed E-state index contributed by atoms with van der Waals surface area (Å²) in [4.78, 5) is 0. The van der Waals surface area contributed by atoms with E-state index in [-0.39, 0.29) is 12.4 Å². The Kier molecular flexibility index (Phi) is 6.28. The number of methoxy groups -OCH3 is 2. The zero-order chi connectivity index (χ0) is 9.56. The van der Waals surface area contributed by atoms with E-state index in [2.05, 4.69) is 0 Å². The van der Waals surface area contributed by atoms with Gasteiger partial charge in [-0.1, -0.05) is 0 Å². The third-order valence-corrected chi connectivity index (χ3v) is 1.70. The molecule has 4 heteroatoms. The minimum absolute atomic E-state index is 0.196. The van der Waals surface area contributed by atoms with Crippen molar-refractivity contribution >= 4 is 0 Å².